The van der Waals surface area contributed by atoms with Crippen molar-refractivity contribution >= 4 is 34.7 Å². The lowest BCUT2D eigenvalue weighted by Crippen LogP contribution is -2.44. The lowest BCUT2D eigenvalue weighted by atomic mass is 9.94. The SMILES string of the molecule is O=C(Nc1ccc(C(=O)N2CCC(C(=O)N3CCCCCC3)CC2)cc1)c1cccs1. The number of hydrogen-bond donors (Lipinski definition) is 1. The fourth-order valence-corrected chi connectivity index (χ4v) is 4.98. The van der Waals surface area contributed by atoms with Gasteiger partial charge < -0.3 is 15.1 Å². The lowest BCUT2D eigenvalue weighted by molar-refractivity contribution is -0.136. The first-order valence-corrected chi connectivity index (χ1v) is 12.0. The molecule has 0 radical (unpaired) electrons. The van der Waals surface area contributed by atoms with E-state index < -0.39 is 0 Å². The number of benzene rings is 1. The Labute approximate surface area is 187 Å². The zero-order valence-electron chi connectivity index (χ0n) is 17.7. The van der Waals surface area contributed by atoms with Crippen LogP contribution in [0.1, 0.15) is 58.6 Å². The Morgan fingerprint density at radius 1 is 0.839 bits per heavy atom. The van der Waals surface area contributed by atoms with E-state index in [4.69, 9.17) is 0 Å². The number of likely N-dealkylation sites (tertiary alicyclic amines) is 2. The number of hydrogen-bond acceptors (Lipinski definition) is 4. The van der Waals surface area contributed by atoms with Crippen LogP contribution in [0.4, 0.5) is 5.69 Å². The normalized spacial score (nSPS) is 17.8. The van der Waals surface area contributed by atoms with Crippen molar-refractivity contribution in [2.24, 2.45) is 5.92 Å². The second-order valence-electron chi connectivity index (χ2n) is 8.31. The minimum Gasteiger partial charge on any atom is -0.342 e. The van der Waals surface area contributed by atoms with E-state index in [9.17, 15) is 14.4 Å². The molecule has 0 unspecified atom stereocenters. The molecule has 31 heavy (non-hydrogen) atoms. The molecule has 1 aromatic heterocycles. The van der Waals surface area contributed by atoms with E-state index in [1.165, 1.54) is 24.2 Å². The summed E-state index contributed by atoms with van der Waals surface area (Å²) in [6.45, 7) is 2.99. The van der Waals surface area contributed by atoms with Crippen LogP contribution in [0.25, 0.3) is 0 Å². The molecule has 2 fully saturated rings. The van der Waals surface area contributed by atoms with Crippen LogP contribution < -0.4 is 5.32 Å². The van der Waals surface area contributed by atoms with Crippen LogP contribution in [-0.2, 0) is 4.79 Å². The molecular formula is C24H29N3O3S. The highest BCUT2D eigenvalue weighted by Gasteiger charge is 2.30. The van der Waals surface area contributed by atoms with Crippen molar-refractivity contribution in [1.82, 2.24) is 9.80 Å². The van der Waals surface area contributed by atoms with Crippen molar-refractivity contribution < 1.29 is 14.4 Å². The van der Waals surface area contributed by atoms with Crippen molar-refractivity contribution in [2.45, 2.75) is 38.5 Å². The smallest absolute Gasteiger partial charge is 0.265 e. The van der Waals surface area contributed by atoms with E-state index in [2.05, 4.69) is 5.32 Å². The Kier molecular flexibility index (Phi) is 7.02. The van der Waals surface area contributed by atoms with Crippen molar-refractivity contribution in [2.75, 3.05) is 31.5 Å². The fraction of sp³-hybridized carbons (Fsp3) is 0.458. The van der Waals surface area contributed by atoms with E-state index in [0.29, 0.717) is 29.2 Å². The molecule has 3 amide bonds. The average Bonchev–Trinajstić information content (AvgIpc) is 3.22. The van der Waals surface area contributed by atoms with Gasteiger partial charge in [-0.1, -0.05) is 18.9 Å². The van der Waals surface area contributed by atoms with Gasteiger partial charge in [0, 0.05) is 43.3 Å². The van der Waals surface area contributed by atoms with Gasteiger partial charge in [0.25, 0.3) is 11.8 Å². The number of rotatable bonds is 4. The Morgan fingerprint density at radius 3 is 2.13 bits per heavy atom. The number of piperidine rings is 1. The Hall–Kier alpha value is -2.67. The second kappa shape index (κ2) is 10.1. The van der Waals surface area contributed by atoms with Gasteiger partial charge in [-0.2, -0.15) is 0 Å². The van der Waals surface area contributed by atoms with Gasteiger partial charge in [-0.05, 0) is 61.4 Å². The zero-order chi connectivity index (χ0) is 21.6. The van der Waals surface area contributed by atoms with Gasteiger partial charge in [0.05, 0.1) is 4.88 Å². The van der Waals surface area contributed by atoms with E-state index in [-0.39, 0.29) is 23.6 Å². The highest BCUT2D eigenvalue weighted by molar-refractivity contribution is 7.12. The number of thiophene rings is 1. The molecule has 2 aliphatic rings. The topological polar surface area (TPSA) is 69.7 Å². The number of nitrogens with one attached hydrogen (secondary N) is 1. The third-order valence-corrected chi connectivity index (χ3v) is 7.05. The minimum atomic E-state index is -0.148. The average molecular weight is 440 g/mol. The molecular weight excluding hydrogens is 410 g/mol. The van der Waals surface area contributed by atoms with Gasteiger partial charge in [-0.15, -0.1) is 11.3 Å². The summed E-state index contributed by atoms with van der Waals surface area (Å²) < 4.78 is 0. The van der Waals surface area contributed by atoms with Crippen LogP contribution in [0, 0.1) is 5.92 Å². The number of anilines is 1. The van der Waals surface area contributed by atoms with Crippen LogP contribution in [-0.4, -0.2) is 53.7 Å². The van der Waals surface area contributed by atoms with Crippen molar-refractivity contribution in [1.29, 1.82) is 0 Å². The second-order valence-corrected chi connectivity index (χ2v) is 9.26. The summed E-state index contributed by atoms with van der Waals surface area (Å²) >= 11 is 1.39. The van der Waals surface area contributed by atoms with E-state index in [0.717, 1.165) is 38.8 Å². The first-order chi connectivity index (χ1) is 15.1. The maximum atomic E-state index is 12.9. The Balaban J connectivity index is 1.29. The first-order valence-electron chi connectivity index (χ1n) is 11.1. The molecule has 0 spiro atoms. The molecule has 0 aliphatic carbocycles. The highest BCUT2D eigenvalue weighted by Crippen LogP contribution is 2.23. The maximum absolute atomic E-state index is 12.9. The van der Waals surface area contributed by atoms with Crippen LogP contribution in [0.15, 0.2) is 41.8 Å². The van der Waals surface area contributed by atoms with Crippen LogP contribution in [0.5, 0.6) is 0 Å². The first kappa shape index (κ1) is 21.6. The molecule has 2 aromatic rings. The number of nitrogens with zero attached hydrogens (tertiary/aromatic N) is 2. The summed E-state index contributed by atoms with van der Waals surface area (Å²) in [5.41, 5.74) is 1.27. The molecule has 6 nitrogen and oxygen atoms in total. The molecule has 0 bridgehead atoms. The van der Waals surface area contributed by atoms with Crippen LogP contribution >= 0.6 is 11.3 Å². The molecule has 2 saturated heterocycles. The van der Waals surface area contributed by atoms with Crippen molar-refractivity contribution in [3.8, 4) is 0 Å². The van der Waals surface area contributed by atoms with Crippen molar-refractivity contribution in [3.05, 3.63) is 52.2 Å². The molecule has 4 rings (SSSR count). The fourth-order valence-electron chi connectivity index (χ4n) is 4.36. The monoisotopic (exact) mass is 439 g/mol. The lowest BCUT2D eigenvalue weighted by Gasteiger charge is -2.34. The molecule has 1 aromatic carbocycles. The number of carbonyl (C=O) groups is 3. The quantitative estimate of drug-likeness (QED) is 0.774. The van der Waals surface area contributed by atoms with Gasteiger partial charge in [-0.3, -0.25) is 14.4 Å². The molecule has 0 saturated carbocycles. The molecule has 2 aliphatic heterocycles. The van der Waals surface area contributed by atoms with E-state index in [1.54, 1.807) is 30.3 Å². The standard InChI is InChI=1S/C24H29N3O3S/c28-22(21-6-5-17-31-21)25-20-9-7-18(8-10-20)23(29)27-15-11-19(12-16-27)24(30)26-13-3-1-2-4-14-26/h5-10,17,19H,1-4,11-16H2,(H,25,28). The van der Waals surface area contributed by atoms with Crippen LogP contribution in [0.2, 0.25) is 0 Å². The minimum absolute atomic E-state index is 0.0168. The summed E-state index contributed by atoms with van der Waals surface area (Å²) in [5, 5.41) is 4.71. The predicted octanol–water partition coefficient (Wildman–Crippen LogP) is 4.26. The maximum Gasteiger partial charge on any atom is 0.265 e. The highest BCUT2D eigenvalue weighted by atomic mass is 32.1. The summed E-state index contributed by atoms with van der Waals surface area (Å²) in [6.07, 6.45) is 6.10. The third kappa shape index (κ3) is 5.34. The molecule has 164 valence electrons. The molecule has 0 atom stereocenters. The molecule has 3 heterocycles. The largest absolute Gasteiger partial charge is 0.342 e. The predicted molar refractivity (Wildman–Crippen MR) is 122 cm³/mol. The van der Waals surface area contributed by atoms with E-state index in [1.807, 2.05) is 21.2 Å². The molecule has 7 heteroatoms. The summed E-state index contributed by atoms with van der Waals surface area (Å²) in [4.78, 5) is 42.4. The number of carbonyl (C=O) groups excluding carboxylic acids is 3. The van der Waals surface area contributed by atoms with Gasteiger partial charge >= 0.3 is 0 Å². The molecule has 1 N–H and O–H groups in total. The summed E-state index contributed by atoms with van der Waals surface area (Å²) in [6, 6.07) is 10.6. The zero-order valence-corrected chi connectivity index (χ0v) is 18.5. The van der Waals surface area contributed by atoms with Crippen molar-refractivity contribution in [3.63, 3.8) is 0 Å². The van der Waals surface area contributed by atoms with Gasteiger partial charge in [0.2, 0.25) is 5.91 Å². The summed E-state index contributed by atoms with van der Waals surface area (Å²) in [7, 11) is 0. The Morgan fingerprint density at radius 2 is 1.52 bits per heavy atom. The Bertz CT molecular complexity index is 895. The van der Waals surface area contributed by atoms with Gasteiger partial charge in [-0.25, -0.2) is 0 Å². The van der Waals surface area contributed by atoms with E-state index >= 15 is 0 Å². The van der Waals surface area contributed by atoms with Crippen LogP contribution in [0.3, 0.4) is 0 Å². The van der Waals surface area contributed by atoms with Gasteiger partial charge in [0.1, 0.15) is 0 Å². The summed E-state index contributed by atoms with van der Waals surface area (Å²) in [5.74, 6) is 0.152. The number of amides is 3. The third-order valence-electron chi connectivity index (χ3n) is 6.18. The van der Waals surface area contributed by atoms with Gasteiger partial charge in [0.15, 0.2) is 0 Å².